The van der Waals surface area contributed by atoms with Crippen molar-refractivity contribution in [3.63, 3.8) is 0 Å². The Morgan fingerprint density at radius 1 is 1.03 bits per heavy atom. The molecule has 1 atom stereocenters. The highest BCUT2D eigenvalue weighted by molar-refractivity contribution is 5.92. The standard InChI is InChI=1S/C23H31N3O2.ClH/c1-23(2,3)18-6-4-17(5-7-18)20-8-9-21(28-20)22(27)26-13-10-19(16-26)25-14-11-24-12-15-25;/h4-9,19,24H,10-16H2,1-3H3;1H. The molecular formula is C23H32ClN3O2. The highest BCUT2D eigenvalue weighted by Crippen LogP contribution is 2.28. The van der Waals surface area contributed by atoms with Crippen molar-refractivity contribution in [3.05, 3.63) is 47.7 Å². The van der Waals surface area contributed by atoms with Gasteiger partial charge in [0.05, 0.1) is 0 Å². The van der Waals surface area contributed by atoms with Gasteiger partial charge >= 0.3 is 0 Å². The van der Waals surface area contributed by atoms with Gasteiger partial charge in [-0.2, -0.15) is 0 Å². The Bertz CT molecular complexity index is 819. The molecule has 2 aromatic rings. The van der Waals surface area contributed by atoms with Crippen molar-refractivity contribution in [1.29, 1.82) is 0 Å². The van der Waals surface area contributed by atoms with E-state index in [9.17, 15) is 4.79 Å². The van der Waals surface area contributed by atoms with Gasteiger partial charge in [-0.1, -0.05) is 45.0 Å². The normalized spacial score (nSPS) is 20.5. The number of likely N-dealkylation sites (tertiary alicyclic amines) is 1. The predicted octanol–water partition coefficient (Wildman–Crippen LogP) is 3.79. The Hall–Kier alpha value is -1.82. The first kappa shape index (κ1) is 21.9. The second kappa shape index (κ2) is 8.90. The Kier molecular flexibility index (Phi) is 6.72. The molecule has 4 rings (SSSR count). The highest BCUT2D eigenvalue weighted by Gasteiger charge is 2.32. The van der Waals surface area contributed by atoms with Crippen LogP contribution in [-0.2, 0) is 5.41 Å². The molecule has 2 aliphatic rings. The average Bonchev–Trinajstić information content (AvgIpc) is 3.38. The maximum Gasteiger partial charge on any atom is 0.289 e. The predicted molar refractivity (Wildman–Crippen MR) is 119 cm³/mol. The summed E-state index contributed by atoms with van der Waals surface area (Å²) < 4.78 is 5.94. The number of nitrogens with one attached hydrogen (secondary N) is 1. The summed E-state index contributed by atoms with van der Waals surface area (Å²) in [6, 6.07) is 12.6. The van der Waals surface area contributed by atoms with Crippen LogP contribution < -0.4 is 5.32 Å². The fourth-order valence-electron chi connectivity index (χ4n) is 4.17. The Morgan fingerprint density at radius 2 is 1.72 bits per heavy atom. The van der Waals surface area contributed by atoms with Crippen LogP contribution in [0.5, 0.6) is 0 Å². The van der Waals surface area contributed by atoms with Gasteiger partial charge in [0.15, 0.2) is 5.76 Å². The lowest BCUT2D eigenvalue weighted by molar-refractivity contribution is 0.0743. The van der Waals surface area contributed by atoms with Gasteiger partial charge < -0.3 is 14.6 Å². The molecule has 158 valence electrons. The zero-order valence-electron chi connectivity index (χ0n) is 17.6. The number of furan rings is 1. The number of piperazine rings is 1. The Balaban J connectivity index is 0.00000240. The topological polar surface area (TPSA) is 48.7 Å². The summed E-state index contributed by atoms with van der Waals surface area (Å²) in [4.78, 5) is 17.4. The molecule has 6 heteroatoms. The van der Waals surface area contributed by atoms with Gasteiger partial charge in [0.25, 0.3) is 5.91 Å². The molecule has 3 heterocycles. The van der Waals surface area contributed by atoms with Crippen LogP contribution in [0.1, 0.15) is 43.3 Å². The molecule has 1 amide bonds. The largest absolute Gasteiger partial charge is 0.451 e. The summed E-state index contributed by atoms with van der Waals surface area (Å²) in [7, 11) is 0. The fourth-order valence-corrected chi connectivity index (χ4v) is 4.17. The zero-order chi connectivity index (χ0) is 19.7. The average molecular weight is 418 g/mol. The summed E-state index contributed by atoms with van der Waals surface area (Å²) in [6.07, 6.45) is 1.05. The van der Waals surface area contributed by atoms with Crippen molar-refractivity contribution in [2.45, 2.75) is 38.6 Å². The van der Waals surface area contributed by atoms with Crippen LogP contribution in [0.2, 0.25) is 0 Å². The third kappa shape index (κ3) is 4.85. The number of amides is 1. The molecule has 0 bridgehead atoms. The lowest BCUT2D eigenvalue weighted by atomic mass is 9.86. The van der Waals surface area contributed by atoms with E-state index in [1.807, 2.05) is 17.0 Å². The van der Waals surface area contributed by atoms with Crippen LogP contribution in [0, 0.1) is 0 Å². The van der Waals surface area contributed by atoms with Crippen molar-refractivity contribution < 1.29 is 9.21 Å². The number of carbonyl (C=O) groups excluding carboxylic acids is 1. The van der Waals surface area contributed by atoms with Crippen LogP contribution in [0.15, 0.2) is 40.8 Å². The first-order valence-electron chi connectivity index (χ1n) is 10.4. The van der Waals surface area contributed by atoms with E-state index >= 15 is 0 Å². The molecule has 1 N–H and O–H groups in total. The molecule has 2 fully saturated rings. The highest BCUT2D eigenvalue weighted by atomic mass is 35.5. The molecule has 0 radical (unpaired) electrons. The summed E-state index contributed by atoms with van der Waals surface area (Å²) >= 11 is 0. The second-order valence-corrected chi connectivity index (χ2v) is 8.97. The van der Waals surface area contributed by atoms with E-state index < -0.39 is 0 Å². The lowest BCUT2D eigenvalue weighted by Crippen LogP contribution is -2.49. The number of carbonyl (C=O) groups is 1. The van der Waals surface area contributed by atoms with Crippen LogP contribution in [0.3, 0.4) is 0 Å². The van der Waals surface area contributed by atoms with Crippen molar-refractivity contribution in [1.82, 2.24) is 15.1 Å². The van der Waals surface area contributed by atoms with Crippen LogP contribution in [0.4, 0.5) is 0 Å². The summed E-state index contributed by atoms with van der Waals surface area (Å²) in [5.74, 6) is 1.20. The van der Waals surface area contributed by atoms with Crippen molar-refractivity contribution in [3.8, 4) is 11.3 Å². The zero-order valence-corrected chi connectivity index (χ0v) is 18.4. The number of benzene rings is 1. The summed E-state index contributed by atoms with van der Waals surface area (Å²) in [5, 5.41) is 3.39. The minimum atomic E-state index is 0. The minimum Gasteiger partial charge on any atom is -0.451 e. The van der Waals surface area contributed by atoms with Gasteiger partial charge in [0.2, 0.25) is 0 Å². The van der Waals surface area contributed by atoms with Gasteiger partial charge in [0.1, 0.15) is 5.76 Å². The molecule has 0 saturated carbocycles. The van der Waals surface area contributed by atoms with E-state index in [4.69, 9.17) is 4.42 Å². The maximum absolute atomic E-state index is 12.9. The quantitative estimate of drug-likeness (QED) is 0.825. The second-order valence-electron chi connectivity index (χ2n) is 8.97. The number of hydrogen-bond acceptors (Lipinski definition) is 4. The molecule has 1 aromatic carbocycles. The van der Waals surface area contributed by atoms with Gasteiger partial charge in [-0.3, -0.25) is 9.69 Å². The van der Waals surface area contributed by atoms with E-state index in [1.165, 1.54) is 5.56 Å². The van der Waals surface area contributed by atoms with Crippen molar-refractivity contribution in [2.75, 3.05) is 39.3 Å². The lowest BCUT2D eigenvalue weighted by Gasteiger charge is -2.32. The Labute approximate surface area is 179 Å². The molecule has 5 nitrogen and oxygen atoms in total. The van der Waals surface area contributed by atoms with Gasteiger partial charge in [-0.15, -0.1) is 12.4 Å². The van der Waals surface area contributed by atoms with Gasteiger partial charge in [-0.05, 0) is 29.5 Å². The molecule has 0 aliphatic carbocycles. The van der Waals surface area contributed by atoms with E-state index in [1.54, 1.807) is 0 Å². The Morgan fingerprint density at radius 3 is 2.38 bits per heavy atom. The SMILES string of the molecule is CC(C)(C)c1ccc(-c2ccc(C(=O)N3CCC(N4CCNCC4)C3)o2)cc1.Cl. The fraction of sp³-hybridized carbons (Fsp3) is 0.522. The van der Waals surface area contributed by atoms with E-state index in [2.05, 4.69) is 55.3 Å². The summed E-state index contributed by atoms with van der Waals surface area (Å²) in [5.41, 5.74) is 2.42. The van der Waals surface area contributed by atoms with Gasteiger partial charge in [0, 0.05) is 50.9 Å². The monoisotopic (exact) mass is 417 g/mol. The number of hydrogen-bond donors (Lipinski definition) is 1. The van der Waals surface area contributed by atoms with E-state index in [0.717, 1.165) is 57.0 Å². The number of halogens is 1. The van der Waals surface area contributed by atoms with Gasteiger partial charge in [-0.25, -0.2) is 0 Å². The minimum absolute atomic E-state index is 0. The van der Waals surface area contributed by atoms with Crippen LogP contribution >= 0.6 is 12.4 Å². The third-order valence-electron chi connectivity index (χ3n) is 5.97. The summed E-state index contributed by atoms with van der Waals surface area (Å²) in [6.45, 7) is 12.4. The molecule has 2 saturated heterocycles. The van der Waals surface area contributed by atoms with E-state index in [-0.39, 0.29) is 23.7 Å². The first-order valence-corrected chi connectivity index (χ1v) is 10.4. The molecule has 1 aromatic heterocycles. The number of nitrogens with zero attached hydrogens (tertiary/aromatic N) is 2. The third-order valence-corrected chi connectivity index (χ3v) is 5.97. The number of rotatable bonds is 3. The first-order chi connectivity index (χ1) is 13.4. The molecule has 29 heavy (non-hydrogen) atoms. The van der Waals surface area contributed by atoms with Crippen LogP contribution in [0.25, 0.3) is 11.3 Å². The maximum atomic E-state index is 12.9. The molecular weight excluding hydrogens is 386 g/mol. The van der Waals surface area contributed by atoms with E-state index in [0.29, 0.717) is 11.8 Å². The van der Waals surface area contributed by atoms with Crippen molar-refractivity contribution in [2.24, 2.45) is 0 Å². The molecule has 1 unspecified atom stereocenters. The molecule has 2 aliphatic heterocycles. The van der Waals surface area contributed by atoms with Crippen molar-refractivity contribution >= 4 is 18.3 Å². The smallest absolute Gasteiger partial charge is 0.289 e. The van der Waals surface area contributed by atoms with Crippen LogP contribution in [-0.4, -0.2) is 61.0 Å². The molecule has 0 spiro atoms.